The molecule has 0 saturated carbocycles. The van der Waals surface area contributed by atoms with Gasteiger partial charge in [0.05, 0.1) is 11.4 Å². The summed E-state index contributed by atoms with van der Waals surface area (Å²) < 4.78 is 31.3. The lowest BCUT2D eigenvalue weighted by atomic mass is 10.1. The third-order valence-electron chi connectivity index (χ3n) is 2.84. The quantitative estimate of drug-likeness (QED) is 0.488. The summed E-state index contributed by atoms with van der Waals surface area (Å²) in [5, 5.41) is 8.66. The van der Waals surface area contributed by atoms with Crippen LogP contribution in [0.1, 0.15) is 58.8 Å². The lowest BCUT2D eigenvalue weighted by molar-refractivity contribution is 0.156. The van der Waals surface area contributed by atoms with Gasteiger partial charge in [0.25, 0.3) is 10.1 Å². The summed E-state index contributed by atoms with van der Waals surface area (Å²) in [5.41, 5.74) is 0. The van der Waals surface area contributed by atoms with E-state index in [0.29, 0.717) is 25.7 Å². The van der Waals surface area contributed by atoms with Gasteiger partial charge in [-0.25, -0.2) is 0 Å². The van der Waals surface area contributed by atoms with Crippen molar-refractivity contribution >= 4 is 10.1 Å². The minimum atomic E-state index is -3.96. The van der Waals surface area contributed by atoms with Crippen LogP contribution in [0.2, 0.25) is 0 Å². The standard InChI is InChI=1S/C11H24O4S/c1-3-5-6-7-11(16(13,14)15)9-8-10(12)4-2/h10-12H,3-9H2,1-2H3,(H,13,14,15). The number of hydrogen-bond donors (Lipinski definition) is 2. The Morgan fingerprint density at radius 3 is 2.12 bits per heavy atom. The minimum Gasteiger partial charge on any atom is -0.393 e. The maximum absolute atomic E-state index is 11.1. The van der Waals surface area contributed by atoms with Gasteiger partial charge in [0.2, 0.25) is 0 Å². The van der Waals surface area contributed by atoms with Gasteiger partial charge < -0.3 is 5.11 Å². The molecule has 0 heterocycles. The van der Waals surface area contributed by atoms with Gasteiger partial charge in [0.15, 0.2) is 0 Å². The number of unbranched alkanes of at least 4 members (excludes halogenated alkanes) is 2. The number of aliphatic hydroxyl groups is 1. The zero-order chi connectivity index (χ0) is 12.6. The SMILES string of the molecule is CCCCCC(CCC(O)CC)S(=O)(=O)O. The van der Waals surface area contributed by atoms with Crippen LogP contribution in [0.3, 0.4) is 0 Å². The Hall–Kier alpha value is -0.130. The van der Waals surface area contributed by atoms with E-state index in [1.165, 1.54) is 0 Å². The van der Waals surface area contributed by atoms with Crippen LogP contribution in [0.25, 0.3) is 0 Å². The first-order valence-electron chi connectivity index (χ1n) is 6.06. The Labute approximate surface area is 98.8 Å². The second-order valence-corrected chi connectivity index (χ2v) is 5.97. The maximum Gasteiger partial charge on any atom is 0.267 e. The third kappa shape index (κ3) is 7.19. The predicted octanol–water partition coefficient (Wildman–Crippen LogP) is 2.37. The average molecular weight is 252 g/mol. The second-order valence-electron chi connectivity index (χ2n) is 4.27. The van der Waals surface area contributed by atoms with Crippen molar-refractivity contribution in [1.82, 2.24) is 0 Å². The summed E-state index contributed by atoms with van der Waals surface area (Å²) in [7, 11) is -3.96. The van der Waals surface area contributed by atoms with Crippen molar-refractivity contribution in [3.63, 3.8) is 0 Å². The first-order chi connectivity index (χ1) is 7.41. The molecule has 5 heteroatoms. The summed E-state index contributed by atoms with van der Waals surface area (Å²) >= 11 is 0. The highest BCUT2D eigenvalue weighted by Gasteiger charge is 2.22. The van der Waals surface area contributed by atoms with Gasteiger partial charge in [-0.2, -0.15) is 8.42 Å². The molecule has 98 valence electrons. The second kappa shape index (κ2) is 8.03. The van der Waals surface area contributed by atoms with Gasteiger partial charge >= 0.3 is 0 Å². The van der Waals surface area contributed by atoms with Crippen molar-refractivity contribution in [3.8, 4) is 0 Å². The van der Waals surface area contributed by atoms with Crippen LogP contribution < -0.4 is 0 Å². The Morgan fingerprint density at radius 1 is 1.06 bits per heavy atom. The molecule has 0 aromatic heterocycles. The number of aliphatic hydroxyl groups excluding tert-OH is 1. The van der Waals surface area contributed by atoms with Crippen molar-refractivity contribution in [1.29, 1.82) is 0 Å². The molecule has 0 aliphatic carbocycles. The van der Waals surface area contributed by atoms with Crippen LogP contribution in [0, 0.1) is 0 Å². The van der Waals surface area contributed by atoms with Crippen LogP contribution in [-0.2, 0) is 10.1 Å². The van der Waals surface area contributed by atoms with E-state index in [1.807, 2.05) is 13.8 Å². The fourth-order valence-corrected chi connectivity index (χ4v) is 2.55. The van der Waals surface area contributed by atoms with Crippen LogP contribution in [0.5, 0.6) is 0 Å². The predicted molar refractivity (Wildman–Crippen MR) is 65.0 cm³/mol. The van der Waals surface area contributed by atoms with E-state index in [9.17, 15) is 13.5 Å². The molecule has 0 saturated heterocycles. The molecule has 2 unspecified atom stereocenters. The molecule has 0 radical (unpaired) electrons. The molecule has 4 nitrogen and oxygen atoms in total. The van der Waals surface area contributed by atoms with Crippen LogP contribution >= 0.6 is 0 Å². The lowest BCUT2D eigenvalue weighted by Crippen LogP contribution is -2.22. The zero-order valence-electron chi connectivity index (χ0n) is 10.2. The Balaban J connectivity index is 4.12. The Bertz CT molecular complexity index is 261. The molecule has 0 aromatic carbocycles. The van der Waals surface area contributed by atoms with Gasteiger partial charge in [-0.05, 0) is 25.7 Å². The molecule has 0 spiro atoms. The highest BCUT2D eigenvalue weighted by atomic mass is 32.2. The lowest BCUT2D eigenvalue weighted by Gasteiger charge is -2.15. The summed E-state index contributed by atoms with van der Waals surface area (Å²) in [4.78, 5) is 0. The molecule has 2 atom stereocenters. The van der Waals surface area contributed by atoms with Crippen molar-refractivity contribution in [2.24, 2.45) is 0 Å². The van der Waals surface area contributed by atoms with E-state index >= 15 is 0 Å². The molecular formula is C11H24O4S. The smallest absolute Gasteiger partial charge is 0.267 e. The van der Waals surface area contributed by atoms with E-state index in [2.05, 4.69) is 0 Å². The normalized spacial score (nSPS) is 16.0. The Kier molecular flexibility index (Phi) is 7.97. The van der Waals surface area contributed by atoms with Crippen molar-refractivity contribution in [2.75, 3.05) is 0 Å². The Morgan fingerprint density at radius 2 is 1.69 bits per heavy atom. The fourth-order valence-electron chi connectivity index (χ4n) is 1.65. The molecule has 0 aliphatic heterocycles. The van der Waals surface area contributed by atoms with E-state index in [0.717, 1.165) is 19.3 Å². The largest absolute Gasteiger partial charge is 0.393 e. The average Bonchev–Trinajstić information content (AvgIpc) is 2.20. The highest BCUT2D eigenvalue weighted by molar-refractivity contribution is 7.86. The molecule has 16 heavy (non-hydrogen) atoms. The van der Waals surface area contributed by atoms with Crippen LogP contribution in [0.4, 0.5) is 0 Å². The van der Waals surface area contributed by atoms with E-state index < -0.39 is 21.5 Å². The topological polar surface area (TPSA) is 74.6 Å². The molecule has 0 aliphatic rings. The van der Waals surface area contributed by atoms with Crippen LogP contribution in [0.15, 0.2) is 0 Å². The number of rotatable bonds is 9. The van der Waals surface area contributed by atoms with Gasteiger partial charge in [0, 0.05) is 0 Å². The van der Waals surface area contributed by atoms with E-state index in [-0.39, 0.29) is 0 Å². The molecule has 0 bridgehead atoms. The molecule has 2 N–H and O–H groups in total. The summed E-state index contributed by atoms with van der Waals surface area (Å²) in [6.07, 6.45) is 4.23. The summed E-state index contributed by atoms with van der Waals surface area (Å²) in [5.74, 6) is 0. The first kappa shape index (κ1) is 15.9. The third-order valence-corrected chi connectivity index (χ3v) is 4.16. The number of hydrogen-bond acceptors (Lipinski definition) is 3. The van der Waals surface area contributed by atoms with Gasteiger partial charge in [0.1, 0.15) is 0 Å². The summed E-state index contributed by atoms with van der Waals surface area (Å²) in [6, 6.07) is 0. The monoisotopic (exact) mass is 252 g/mol. The minimum absolute atomic E-state index is 0.345. The van der Waals surface area contributed by atoms with Crippen molar-refractivity contribution < 1.29 is 18.1 Å². The fraction of sp³-hybridized carbons (Fsp3) is 1.00. The van der Waals surface area contributed by atoms with Crippen LogP contribution in [-0.4, -0.2) is 29.4 Å². The molecule has 0 amide bonds. The van der Waals surface area contributed by atoms with Gasteiger partial charge in [-0.3, -0.25) is 4.55 Å². The molecular weight excluding hydrogens is 228 g/mol. The van der Waals surface area contributed by atoms with E-state index in [1.54, 1.807) is 0 Å². The first-order valence-corrected chi connectivity index (χ1v) is 7.56. The molecule has 0 fully saturated rings. The molecule has 0 aromatic rings. The zero-order valence-corrected chi connectivity index (χ0v) is 11.0. The summed E-state index contributed by atoms with van der Waals surface area (Å²) in [6.45, 7) is 3.90. The molecule has 0 rings (SSSR count). The van der Waals surface area contributed by atoms with Gasteiger partial charge in [-0.15, -0.1) is 0 Å². The van der Waals surface area contributed by atoms with E-state index in [4.69, 9.17) is 4.55 Å². The van der Waals surface area contributed by atoms with Gasteiger partial charge in [-0.1, -0.05) is 33.1 Å². The maximum atomic E-state index is 11.1. The van der Waals surface area contributed by atoms with Crippen molar-refractivity contribution in [3.05, 3.63) is 0 Å². The van der Waals surface area contributed by atoms with Crippen molar-refractivity contribution in [2.45, 2.75) is 70.1 Å². The highest BCUT2D eigenvalue weighted by Crippen LogP contribution is 2.17.